The summed E-state index contributed by atoms with van der Waals surface area (Å²) in [6.07, 6.45) is 0.887. The molecule has 3 nitrogen and oxygen atoms in total. The Hall–Kier alpha value is -1.00. The van der Waals surface area contributed by atoms with Crippen LogP contribution in [0.3, 0.4) is 0 Å². The SMILES string of the molecule is COc1ccc(C=O)cc1CN1CCSC(C)C1. The number of hydrogen-bond donors (Lipinski definition) is 0. The fourth-order valence-electron chi connectivity index (χ4n) is 2.27. The number of thioether (sulfide) groups is 1. The lowest BCUT2D eigenvalue weighted by Crippen LogP contribution is -2.36. The van der Waals surface area contributed by atoms with Crippen molar-refractivity contribution < 1.29 is 9.53 Å². The molecule has 0 N–H and O–H groups in total. The maximum atomic E-state index is 10.8. The van der Waals surface area contributed by atoms with Crippen LogP contribution in [0.25, 0.3) is 0 Å². The van der Waals surface area contributed by atoms with Crippen molar-refractivity contribution in [3.63, 3.8) is 0 Å². The monoisotopic (exact) mass is 265 g/mol. The van der Waals surface area contributed by atoms with Gasteiger partial charge in [-0.2, -0.15) is 11.8 Å². The van der Waals surface area contributed by atoms with Gasteiger partial charge in [0.15, 0.2) is 0 Å². The quantitative estimate of drug-likeness (QED) is 0.782. The number of hydrogen-bond acceptors (Lipinski definition) is 4. The third-order valence-electron chi connectivity index (χ3n) is 3.16. The van der Waals surface area contributed by atoms with E-state index in [0.717, 1.165) is 37.2 Å². The molecule has 18 heavy (non-hydrogen) atoms. The van der Waals surface area contributed by atoms with Gasteiger partial charge in [0, 0.05) is 41.8 Å². The normalized spacial score (nSPS) is 20.7. The summed E-state index contributed by atoms with van der Waals surface area (Å²) in [5, 5.41) is 0.680. The molecule has 0 saturated carbocycles. The fraction of sp³-hybridized carbons (Fsp3) is 0.500. The molecule has 2 rings (SSSR count). The third kappa shape index (κ3) is 3.27. The molecule has 98 valence electrons. The lowest BCUT2D eigenvalue weighted by molar-refractivity contribution is 0.112. The second-order valence-electron chi connectivity index (χ2n) is 4.61. The van der Waals surface area contributed by atoms with E-state index in [2.05, 4.69) is 11.8 Å². The van der Waals surface area contributed by atoms with E-state index in [1.165, 1.54) is 5.75 Å². The van der Waals surface area contributed by atoms with Crippen LogP contribution in [0.2, 0.25) is 0 Å². The van der Waals surface area contributed by atoms with Crippen LogP contribution in [0.4, 0.5) is 0 Å². The van der Waals surface area contributed by atoms with Gasteiger partial charge < -0.3 is 4.74 Å². The summed E-state index contributed by atoms with van der Waals surface area (Å²) in [5.41, 5.74) is 1.81. The molecule has 1 heterocycles. The molecule has 0 aliphatic carbocycles. The van der Waals surface area contributed by atoms with Gasteiger partial charge in [-0.05, 0) is 18.2 Å². The van der Waals surface area contributed by atoms with E-state index in [1.54, 1.807) is 13.2 Å². The zero-order valence-electron chi connectivity index (χ0n) is 10.9. The first kappa shape index (κ1) is 13.4. The Morgan fingerprint density at radius 2 is 2.39 bits per heavy atom. The van der Waals surface area contributed by atoms with Crippen molar-refractivity contribution in [1.82, 2.24) is 4.90 Å². The van der Waals surface area contributed by atoms with Gasteiger partial charge in [0.05, 0.1) is 7.11 Å². The summed E-state index contributed by atoms with van der Waals surface area (Å²) < 4.78 is 5.37. The highest BCUT2D eigenvalue weighted by Gasteiger charge is 2.18. The Kier molecular flexibility index (Phi) is 4.66. The number of carbonyl (C=O) groups is 1. The molecule has 1 fully saturated rings. The topological polar surface area (TPSA) is 29.5 Å². The van der Waals surface area contributed by atoms with Gasteiger partial charge in [-0.1, -0.05) is 6.92 Å². The summed E-state index contributed by atoms with van der Waals surface area (Å²) in [6, 6.07) is 5.60. The highest BCUT2D eigenvalue weighted by molar-refractivity contribution is 7.99. The van der Waals surface area contributed by atoms with Crippen LogP contribution in [0.1, 0.15) is 22.8 Å². The van der Waals surface area contributed by atoms with Gasteiger partial charge in [-0.3, -0.25) is 9.69 Å². The number of methoxy groups -OCH3 is 1. The number of rotatable bonds is 4. The molecule has 1 aromatic carbocycles. The van der Waals surface area contributed by atoms with Gasteiger partial charge in [-0.25, -0.2) is 0 Å². The summed E-state index contributed by atoms with van der Waals surface area (Å²) in [4.78, 5) is 13.3. The Labute approximate surface area is 113 Å². The smallest absolute Gasteiger partial charge is 0.150 e. The van der Waals surface area contributed by atoms with Gasteiger partial charge >= 0.3 is 0 Å². The number of ether oxygens (including phenoxy) is 1. The lowest BCUT2D eigenvalue weighted by Gasteiger charge is -2.30. The summed E-state index contributed by atoms with van der Waals surface area (Å²) in [7, 11) is 1.67. The zero-order chi connectivity index (χ0) is 13.0. The van der Waals surface area contributed by atoms with Gasteiger partial charge in [0.1, 0.15) is 12.0 Å². The van der Waals surface area contributed by atoms with Crippen molar-refractivity contribution in [3.05, 3.63) is 29.3 Å². The van der Waals surface area contributed by atoms with Gasteiger partial charge in [-0.15, -0.1) is 0 Å². The minimum atomic E-state index is 0.680. The minimum Gasteiger partial charge on any atom is -0.496 e. The van der Waals surface area contributed by atoms with Crippen LogP contribution in [-0.2, 0) is 6.54 Å². The first-order valence-corrected chi connectivity index (χ1v) is 7.24. The van der Waals surface area contributed by atoms with Crippen molar-refractivity contribution in [3.8, 4) is 5.75 Å². The maximum Gasteiger partial charge on any atom is 0.150 e. The Morgan fingerprint density at radius 3 is 3.06 bits per heavy atom. The average molecular weight is 265 g/mol. The van der Waals surface area contributed by atoms with E-state index in [-0.39, 0.29) is 0 Å². The average Bonchev–Trinajstić information content (AvgIpc) is 2.38. The van der Waals surface area contributed by atoms with E-state index >= 15 is 0 Å². The predicted molar refractivity (Wildman–Crippen MR) is 75.6 cm³/mol. The van der Waals surface area contributed by atoms with E-state index in [0.29, 0.717) is 10.8 Å². The molecule has 0 radical (unpaired) electrons. The molecule has 1 aliphatic rings. The number of carbonyl (C=O) groups excluding carboxylic acids is 1. The van der Waals surface area contributed by atoms with Crippen molar-refractivity contribution in [2.45, 2.75) is 18.7 Å². The van der Waals surface area contributed by atoms with E-state index < -0.39 is 0 Å². The molecule has 1 saturated heterocycles. The second kappa shape index (κ2) is 6.25. The minimum absolute atomic E-state index is 0.680. The largest absolute Gasteiger partial charge is 0.496 e. The molecular weight excluding hydrogens is 246 g/mol. The molecule has 4 heteroatoms. The van der Waals surface area contributed by atoms with E-state index in [1.807, 2.05) is 23.9 Å². The Morgan fingerprint density at radius 1 is 1.56 bits per heavy atom. The number of aldehydes is 1. The van der Waals surface area contributed by atoms with Gasteiger partial charge in [0.2, 0.25) is 0 Å². The van der Waals surface area contributed by atoms with Crippen molar-refractivity contribution in [2.75, 3.05) is 26.0 Å². The Balaban J connectivity index is 2.13. The number of nitrogens with zero attached hydrogens (tertiary/aromatic N) is 1. The fourth-order valence-corrected chi connectivity index (χ4v) is 3.35. The first-order valence-electron chi connectivity index (χ1n) is 6.19. The third-order valence-corrected chi connectivity index (χ3v) is 4.30. The molecule has 0 aromatic heterocycles. The van der Waals surface area contributed by atoms with Crippen molar-refractivity contribution in [1.29, 1.82) is 0 Å². The highest BCUT2D eigenvalue weighted by Crippen LogP contribution is 2.24. The summed E-state index contributed by atoms with van der Waals surface area (Å²) >= 11 is 2.02. The molecule has 1 unspecified atom stereocenters. The van der Waals surface area contributed by atoms with Crippen LogP contribution in [0.5, 0.6) is 5.75 Å². The first-order chi connectivity index (χ1) is 8.72. The maximum absolute atomic E-state index is 10.8. The zero-order valence-corrected chi connectivity index (χ0v) is 11.7. The predicted octanol–water partition coefficient (Wildman–Crippen LogP) is 2.45. The van der Waals surface area contributed by atoms with Crippen molar-refractivity contribution >= 4 is 18.0 Å². The van der Waals surface area contributed by atoms with E-state index in [9.17, 15) is 4.79 Å². The molecule has 0 spiro atoms. The second-order valence-corrected chi connectivity index (χ2v) is 6.15. The summed E-state index contributed by atoms with van der Waals surface area (Å²) in [6.45, 7) is 5.31. The van der Waals surface area contributed by atoms with Crippen LogP contribution >= 0.6 is 11.8 Å². The van der Waals surface area contributed by atoms with Crippen LogP contribution in [-0.4, -0.2) is 42.4 Å². The molecule has 1 atom stereocenters. The summed E-state index contributed by atoms with van der Waals surface area (Å²) in [5.74, 6) is 2.04. The molecule has 1 aromatic rings. The number of benzene rings is 1. The lowest BCUT2D eigenvalue weighted by atomic mass is 10.1. The molecule has 0 bridgehead atoms. The van der Waals surface area contributed by atoms with E-state index in [4.69, 9.17) is 4.74 Å². The molecular formula is C14H19NO2S. The standard InChI is InChI=1S/C14H19NO2S/c1-11-8-15(5-6-18-11)9-13-7-12(10-16)3-4-14(13)17-2/h3-4,7,10-11H,5-6,8-9H2,1-2H3. The molecule has 1 aliphatic heterocycles. The van der Waals surface area contributed by atoms with Crippen LogP contribution in [0.15, 0.2) is 18.2 Å². The van der Waals surface area contributed by atoms with Crippen LogP contribution < -0.4 is 4.74 Å². The van der Waals surface area contributed by atoms with Crippen LogP contribution in [0, 0.1) is 0 Å². The highest BCUT2D eigenvalue weighted by atomic mass is 32.2. The van der Waals surface area contributed by atoms with Gasteiger partial charge in [0.25, 0.3) is 0 Å². The van der Waals surface area contributed by atoms with Crippen molar-refractivity contribution in [2.24, 2.45) is 0 Å². The molecule has 0 amide bonds. The Bertz CT molecular complexity index is 422.